The Labute approximate surface area is 173 Å². The summed E-state index contributed by atoms with van der Waals surface area (Å²) in [6, 6.07) is 0.428. The van der Waals surface area contributed by atoms with Crippen LogP contribution in [0.1, 0.15) is 26.7 Å². The van der Waals surface area contributed by atoms with Gasteiger partial charge in [0.2, 0.25) is 11.8 Å². The minimum atomic E-state index is -0.581. The first kappa shape index (κ1) is 19.5. The van der Waals surface area contributed by atoms with Gasteiger partial charge in [0.1, 0.15) is 5.60 Å². The summed E-state index contributed by atoms with van der Waals surface area (Å²) in [5, 5.41) is 0. The molecule has 2 amide bonds. The van der Waals surface area contributed by atoms with Crippen LogP contribution in [0, 0.1) is 17.8 Å². The first-order chi connectivity index (χ1) is 14.1. The number of fused-ring (bicyclic) bond motifs is 1. The Kier molecular flexibility index (Phi) is 4.95. The molecule has 5 aliphatic heterocycles. The molecule has 29 heavy (non-hydrogen) atoms. The van der Waals surface area contributed by atoms with Crippen LogP contribution in [0.25, 0.3) is 0 Å². The summed E-state index contributed by atoms with van der Waals surface area (Å²) in [7, 11) is 0. The number of carbonyl (C=O) groups excluding carboxylic acids is 2. The van der Waals surface area contributed by atoms with E-state index in [0.717, 1.165) is 58.8 Å². The van der Waals surface area contributed by atoms with Crippen LogP contribution >= 0.6 is 0 Å². The molecule has 5 aliphatic rings. The minimum Gasteiger partial charge on any atom is -0.379 e. The van der Waals surface area contributed by atoms with Gasteiger partial charge < -0.3 is 19.3 Å². The summed E-state index contributed by atoms with van der Waals surface area (Å²) < 4.78 is 11.7. The van der Waals surface area contributed by atoms with Crippen LogP contribution in [0.3, 0.4) is 0 Å². The zero-order chi connectivity index (χ0) is 20.2. The predicted molar refractivity (Wildman–Crippen MR) is 107 cm³/mol. The summed E-state index contributed by atoms with van der Waals surface area (Å²) in [6.45, 7) is 10.7. The quantitative estimate of drug-likeness (QED) is 0.613. The van der Waals surface area contributed by atoms with Gasteiger partial charge in [0, 0.05) is 38.8 Å². The molecule has 5 rings (SSSR count). The van der Waals surface area contributed by atoms with E-state index in [4.69, 9.17) is 9.47 Å². The number of hydrogen-bond donors (Lipinski definition) is 0. The minimum absolute atomic E-state index is 0.105. The smallest absolute Gasteiger partial charge is 0.230 e. The Morgan fingerprint density at radius 2 is 1.97 bits per heavy atom. The molecule has 5 heterocycles. The second-order valence-electron chi connectivity index (χ2n) is 9.35. The van der Waals surface area contributed by atoms with Gasteiger partial charge in [-0.15, -0.1) is 0 Å². The van der Waals surface area contributed by atoms with Gasteiger partial charge in [0.15, 0.2) is 0 Å². The molecule has 7 heteroatoms. The fourth-order valence-corrected chi connectivity index (χ4v) is 5.89. The molecule has 2 bridgehead atoms. The highest BCUT2D eigenvalue weighted by Gasteiger charge is 2.67. The molecule has 0 N–H and O–H groups in total. The Morgan fingerprint density at radius 1 is 1.24 bits per heavy atom. The van der Waals surface area contributed by atoms with E-state index < -0.39 is 5.60 Å². The van der Waals surface area contributed by atoms with Crippen molar-refractivity contribution in [3.8, 4) is 0 Å². The molecule has 0 aliphatic carbocycles. The maximum absolute atomic E-state index is 13.4. The molecule has 4 saturated heterocycles. The number of nitrogens with zero attached hydrogens (tertiary/aromatic N) is 3. The van der Waals surface area contributed by atoms with Crippen molar-refractivity contribution in [2.24, 2.45) is 17.8 Å². The normalized spacial score (nSPS) is 36.9. The van der Waals surface area contributed by atoms with Crippen molar-refractivity contribution in [3.05, 3.63) is 12.2 Å². The summed E-state index contributed by atoms with van der Waals surface area (Å²) >= 11 is 0. The van der Waals surface area contributed by atoms with Gasteiger partial charge in [0.25, 0.3) is 0 Å². The summed E-state index contributed by atoms with van der Waals surface area (Å²) in [6.07, 6.45) is 5.97. The molecular weight excluding hydrogens is 370 g/mol. The lowest BCUT2D eigenvalue weighted by atomic mass is 9.76. The fourth-order valence-electron chi connectivity index (χ4n) is 5.89. The third kappa shape index (κ3) is 3.04. The van der Waals surface area contributed by atoms with E-state index in [1.165, 1.54) is 0 Å². The number of likely N-dealkylation sites (tertiary alicyclic amines) is 2. The summed E-state index contributed by atoms with van der Waals surface area (Å²) in [5.74, 6) is 0.0293. The van der Waals surface area contributed by atoms with Gasteiger partial charge in [-0.1, -0.05) is 38.8 Å². The van der Waals surface area contributed by atoms with Crippen molar-refractivity contribution in [3.63, 3.8) is 0 Å². The van der Waals surface area contributed by atoms with E-state index in [1.807, 2.05) is 15.9 Å². The number of morpholine rings is 1. The van der Waals surface area contributed by atoms with Crippen LogP contribution in [0.2, 0.25) is 0 Å². The Balaban J connectivity index is 1.26. The van der Waals surface area contributed by atoms with Crippen LogP contribution in [0.5, 0.6) is 0 Å². The first-order valence-electron chi connectivity index (χ1n) is 11.3. The number of amides is 2. The molecule has 160 valence electrons. The molecule has 1 spiro atoms. The largest absolute Gasteiger partial charge is 0.379 e. The molecule has 0 saturated carbocycles. The fraction of sp³-hybridized carbons (Fsp3) is 0.818. The van der Waals surface area contributed by atoms with Crippen molar-refractivity contribution >= 4 is 11.8 Å². The lowest BCUT2D eigenvalue weighted by Crippen LogP contribution is -2.64. The lowest BCUT2D eigenvalue weighted by Gasteiger charge is -2.47. The van der Waals surface area contributed by atoms with E-state index in [1.54, 1.807) is 0 Å². The van der Waals surface area contributed by atoms with Crippen molar-refractivity contribution < 1.29 is 19.1 Å². The van der Waals surface area contributed by atoms with Gasteiger partial charge >= 0.3 is 0 Å². The highest BCUT2D eigenvalue weighted by molar-refractivity contribution is 5.93. The standard InChI is InChI=1S/C22H33N3O4/c1-3-15(4-2)11-25-14-22-6-5-17(29-22)18(19(22)21(25)27)20(26)24-12-16(13-24)23-7-9-28-10-8-23/h5-6,15-19H,3-4,7-14H2,1-2H3/t17-,18-,19+,22-/m0/s1. The topological polar surface area (TPSA) is 62.3 Å². The Morgan fingerprint density at radius 3 is 2.66 bits per heavy atom. The zero-order valence-corrected chi connectivity index (χ0v) is 17.6. The summed E-state index contributed by atoms with van der Waals surface area (Å²) in [5.41, 5.74) is -0.581. The number of hydrogen-bond acceptors (Lipinski definition) is 5. The number of rotatable bonds is 6. The van der Waals surface area contributed by atoms with Crippen molar-refractivity contribution in [1.29, 1.82) is 0 Å². The molecule has 4 atom stereocenters. The second-order valence-corrected chi connectivity index (χ2v) is 9.35. The SMILES string of the molecule is CCC(CC)CN1C[C@]23C=C[C@H](O2)[C@H](C(=O)N2CC(N4CCOCC4)C2)[C@@H]3C1=O. The third-order valence-electron chi connectivity index (χ3n) is 7.83. The van der Waals surface area contributed by atoms with Gasteiger partial charge in [-0.05, 0) is 5.92 Å². The van der Waals surface area contributed by atoms with Crippen molar-refractivity contribution in [1.82, 2.24) is 14.7 Å². The van der Waals surface area contributed by atoms with E-state index in [9.17, 15) is 9.59 Å². The first-order valence-corrected chi connectivity index (χ1v) is 11.3. The number of carbonyl (C=O) groups is 2. The molecular formula is C22H33N3O4. The molecule has 0 unspecified atom stereocenters. The van der Waals surface area contributed by atoms with Gasteiger partial charge in [0.05, 0.1) is 37.7 Å². The molecule has 4 fully saturated rings. The second kappa shape index (κ2) is 7.36. The molecule has 0 aromatic rings. The zero-order valence-electron chi connectivity index (χ0n) is 17.6. The average Bonchev–Trinajstić information content (AvgIpc) is 3.34. The average molecular weight is 404 g/mol. The molecule has 0 aromatic carbocycles. The highest BCUT2D eigenvalue weighted by atomic mass is 16.5. The monoisotopic (exact) mass is 403 g/mol. The predicted octanol–water partition coefficient (Wildman–Crippen LogP) is 0.748. The Bertz CT molecular complexity index is 696. The molecule has 0 radical (unpaired) electrons. The molecule has 7 nitrogen and oxygen atoms in total. The maximum Gasteiger partial charge on any atom is 0.230 e. The van der Waals surface area contributed by atoms with Crippen LogP contribution in [0.15, 0.2) is 12.2 Å². The van der Waals surface area contributed by atoms with Gasteiger partial charge in [-0.2, -0.15) is 0 Å². The van der Waals surface area contributed by atoms with E-state index in [0.29, 0.717) is 18.5 Å². The van der Waals surface area contributed by atoms with Crippen LogP contribution in [-0.4, -0.2) is 96.7 Å². The van der Waals surface area contributed by atoms with E-state index >= 15 is 0 Å². The maximum atomic E-state index is 13.4. The van der Waals surface area contributed by atoms with Crippen molar-refractivity contribution in [2.45, 2.75) is 44.4 Å². The van der Waals surface area contributed by atoms with Crippen LogP contribution in [0.4, 0.5) is 0 Å². The van der Waals surface area contributed by atoms with Crippen molar-refractivity contribution in [2.75, 3.05) is 52.5 Å². The summed E-state index contributed by atoms with van der Waals surface area (Å²) in [4.78, 5) is 33.0. The highest BCUT2D eigenvalue weighted by Crippen LogP contribution is 2.52. The van der Waals surface area contributed by atoms with Crippen LogP contribution < -0.4 is 0 Å². The van der Waals surface area contributed by atoms with E-state index in [2.05, 4.69) is 24.8 Å². The Hall–Kier alpha value is -1.44. The van der Waals surface area contributed by atoms with Crippen LogP contribution in [-0.2, 0) is 19.1 Å². The van der Waals surface area contributed by atoms with Gasteiger partial charge in [-0.25, -0.2) is 0 Å². The van der Waals surface area contributed by atoms with Gasteiger partial charge in [-0.3, -0.25) is 14.5 Å². The third-order valence-corrected chi connectivity index (χ3v) is 7.83. The lowest BCUT2D eigenvalue weighted by molar-refractivity contribution is -0.150. The molecule has 0 aromatic heterocycles. The number of ether oxygens (including phenoxy) is 2. The van der Waals surface area contributed by atoms with E-state index in [-0.39, 0.29) is 29.8 Å².